The number of nitrogens with zero attached hydrogens (tertiary/aromatic N) is 4. The highest BCUT2D eigenvalue weighted by Crippen LogP contribution is 2.24. The molecule has 3 atom stereocenters. The molecule has 0 spiro atoms. The zero-order chi connectivity index (χ0) is 10.8. The molecule has 14 heavy (non-hydrogen) atoms. The lowest BCUT2D eigenvalue weighted by Gasteiger charge is -2.38. The van der Waals surface area contributed by atoms with E-state index >= 15 is 0 Å². The van der Waals surface area contributed by atoms with Crippen molar-refractivity contribution in [2.75, 3.05) is 19.8 Å². The molecule has 0 aromatic heterocycles. The molecule has 0 saturated carbocycles. The van der Waals surface area contributed by atoms with E-state index in [1.54, 1.807) is 12.1 Å². The second-order valence-electron chi connectivity index (χ2n) is 3.14. The van der Waals surface area contributed by atoms with Crippen LogP contribution in [0, 0.1) is 27.9 Å². The standard InChI is InChI=1S/C7H10N4O3/c8-1-3-10-5-11(14,4-2-9)7(13)6(10)12/h6-7,12-13H,3-5H2. The predicted molar refractivity (Wildman–Crippen MR) is 43.3 cm³/mol. The van der Waals surface area contributed by atoms with E-state index in [9.17, 15) is 15.4 Å². The largest absolute Gasteiger partial charge is 0.629 e. The first-order valence-electron chi connectivity index (χ1n) is 3.97. The third-order valence-corrected chi connectivity index (χ3v) is 2.16. The van der Waals surface area contributed by atoms with Gasteiger partial charge in [-0.25, -0.2) is 4.90 Å². The van der Waals surface area contributed by atoms with E-state index < -0.39 is 23.6 Å². The van der Waals surface area contributed by atoms with Crippen molar-refractivity contribution < 1.29 is 14.9 Å². The average Bonchev–Trinajstić information content (AvgIpc) is 2.33. The SMILES string of the molecule is N#CCN1C[N+]([O-])(CC#N)C(O)C1O. The molecular formula is C7H10N4O3. The van der Waals surface area contributed by atoms with Gasteiger partial charge in [-0.3, -0.25) is 0 Å². The van der Waals surface area contributed by atoms with Crippen molar-refractivity contribution in [3.63, 3.8) is 0 Å². The molecule has 7 heteroatoms. The second kappa shape index (κ2) is 3.88. The normalized spacial score (nSPS) is 37.8. The first kappa shape index (κ1) is 10.9. The van der Waals surface area contributed by atoms with E-state index in [1.165, 1.54) is 0 Å². The molecule has 2 N–H and O–H groups in total. The highest BCUT2D eigenvalue weighted by molar-refractivity contribution is 4.83. The number of rotatable bonds is 2. The Morgan fingerprint density at radius 3 is 2.57 bits per heavy atom. The molecule has 0 bridgehead atoms. The zero-order valence-corrected chi connectivity index (χ0v) is 7.37. The molecule has 0 aliphatic carbocycles. The minimum atomic E-state index is -1.58. The molecule has 0 amide bonds. The number of hydrogen-bond donors (Lipinski definition) is 2. The molecule has 1 aliphatic heterocycles. The van der Waals surface area contributed by atoms with Gasteiger partial charge in [0.1, 0.15) is 12.7 Å². The molecule has 0 aromatic carbocycles. The molecule has 0 radical (unpaired) electrons. The van der Waals surface area contributed by atoms with E-state index in [4.69, 9.17) is 10.5 Å². The summed E-state index contributed by atoms with van der Waals surface area (Å²) in [4.78, 5) is 1.13. The van der Waals surface area contributed by atoms with Crippen LogP contribution >= 0.6 is 0 Å². The Morgan fingerprint density at radius 1 is 1.43 bits per heavy atom. The maximum absolute atomic E-state index is 11.7. The molecule has 0 aromatic rings. The van der Waals surface area contributed by atoms with Gasteiger partial charge in [-0.1, -0.05) is 0 Å². The molecular weight excluding hydrogens is 188 g/mol. The van der Waals surface area contributed by atoms with Crippen LogP contribution in [0.5, 0.6) is 0 Å². The number of nitriles is 2. The van der Waals surface area contributed by atoms with Gasteiger partial charge < -0.3 is 20.1 Å². The van der Waals surface area contributed by atoms with Crippen LogP contribution in [-0.2, 0) is 0 Å². The number of hydrogen-bond acceptors (Lipinski definition) is 6. The fourth-order valence-corrected chi connectivity index (χ4v) is 1.40. The number of aliphatic hydroxyl groups excluding tert-OH is 2. The minimum Gasteiger partial charge on any atom is -0.629 e. The smallest absolute Gasteiger partial charge is 0.233 e. The average molecular weight is 198 g/mol. The summed E-state index contributed by atoms with van der Waals surface area (Å²) < 4.78 is -1.21. The molecule has 1 heterocycles. The lowest BCUT2D eigenvalue weighted by Crippen LogP contribution is -2.49. The van der Waals surface area contributed by atoms with E-state index in [0.717, 1.165) is 4.90 Å². The van der Waals surface area contributed by atoms with Crippen molar-refractivity contribution in [2.24, 2.45) is 0 Å². The van der Waals surface area contributed by atoms with Crippen LogP contribution in [0.25, 0.3) is 0 Å². The molecule has 1 rings (SSSR count). The monoisotopic (exact) mass is 198 g/mol. The number of quaternary nitrogens is 1. The van der Waals surface area contributed by atoms with Crippen LogP contribution in [0.2, 0.25) is 0 Å². The van der Waals surface area contributed by atoms with Gasteiger partial charge in [0.2, 0.25) is 6.23 Å². The third kappa shape index (κ3) is 1.68. The van der Waals surface area contributed by atoms with Gasteiger partial charge in [0.15, 0.2) is 12.8 Å². The van der Waals surface area contributed by atoms with Crippen molar-refractivity contribution in [1.82, 2.24) is 4.90 Å². The summed E-state index contributed by atoms with van der Waals surface area (Å²) in [5, 5.41) is 47.1. The number of aliphatic hydroxyl groups is 2. The van der Waals surface area contributed by atoms with Gasteiger partial charge in [0, 0.05) is 0 Å². The van der Waals surface area contributed by atoms with Crippen molar-refractivity contribution in [3.8, 4) is 12.1 Å². The van der Waals surface area contributed by atoms with Crippen molar-refractivity contribution in [1.29, 1.82) is 10.5 Å². The lowest BCUT2D eigenvalue weighted by atomic mass is 10.4. The molecule has 3 unspecified atom stereocenters. The first-order valence-corrected chi connectivity index (χ1v) is 3.97. The van der Waals surface area contributed by atoms with Crippen LogP contribution in [0.1, 0.15) is 0 Å². The van der Waals surface area contributed by atoms with Gasteiger partial charge in [-0.2, -0.15) is 10.5 Å². The Bertz CT molecular complexity index is 296. The highest BCUT2D eigenvalue weighted by Gasteiger charge is 2.46. The summed E-state index contributed by atoms with van der Waals surface area (Å²) in [6.07, 6.45) is -2.96. The van der Waals surface area contributed by atoms with Gasteiger partial charge in [0.05, 0.1) is 12.6 Å². The summed E-state index contributed by atoms with van der Waals surface area (Å²) in [7, 11) is 0. The quantitative estimate of drug-likeness (QED) is 0.309. The summed E-state index contributed by atoms with van der Waals surface area (Å²) in [5.41, 5.74) is 0. The topological polar surface area (TPSA) is 114 Å². The van der Waals surface area contributed by atoms with Crippen molar-refractivity contribution >= 4 is 0 Å². The summed E-state index contributed by atoms with van der Waals surface area (Å²) in [6, 6.07) is 3.41. The van der Waals surface area contributed by atoms with Crippen LogP contribution in [-0.4, -0.2) is 52.0 Å². The van der Waals surface area contributed by atoms with Gasteiger partial charge >= 0.3 is 0 Å². The Balaban J connectivity index is 2.77. The van der Waals surface area contributed by atoms with Gasteiger partial charge in [0.25, 0.3) is 0 Å². The van der Waals surface area contributed by atoms with E-state index in [-0.39, 0.29) is 13.2 Å². The summed E-state index contributed by atoms with van der Waals surface area (Å²) in [5.74, 6) is 0. The zero-order valence-electron chi connectivity index (χ0n) is 7.37. The maximum Gasteiger partial charge on any atom is 0.233 e. The Morgan fingerprint density at radius 2 is 2.07 bits per heavy atom. The fraction of sp³-hybridized carbons (Fsp3) is 0.714. The molecule has 76 valence electrons. The first-order chi connectivity index (χ1) is 6.55. The minimum absolute atomic E-state index is 0.147. The van der Waals surface area contributed by atoms with Crippen molar-refractivity contribution in [2.45, 2.75) is 12.5 Å². The molecule has 7 nitrogen and oxygen atoms in total. The van der Waals surface area contributed by atoms with Crippen LogP contribution in [0.15, 0.2) is 0 Å². The fourth-order valence-electron chi connectivity index (χ4n) is 1.40. The lowest BCUT2D eigenvalue weighted by molar-refractivity contribution is -0.912. The maximum atomic E-state index is 11.7. The van der Waals surface area contributed by atoms with Crippen LogP contribution in [0.4, 0.5) is 0 Å². The molecule has 1 saturated heterocycles. The Hall–Kier alpha value is -1.22. The number of hydroxylamine groups is 3. The summed E-state index contributed by atoms with van der Waals surface area (Å²) >= 11 is 0. The Labute approximate surface area is 80.8 Å². The third-order valence-electron chi connectivity index (χ3n) is 2.16. The van der Waals surface area contributed by atoms with E-state index in [2.05, 4.69) is 0 Å². The van der Waals surface area contributed by atoms with Crippen LogP contribution in [0.3, 0.4) is 0 Å². The van der Waals surface area contributed by atoms with Crippen molar-refractivity contribution in [3.05, 3.63) is 5.21 Å². The Kier molecular flexibility index (Phi) is 3.01. The highest BCUT2D eigenvalue weighted by atomic mass is 16.6. The van der Waals surface area contributed by atoms with E-state index in [0.29, 0.717) is 0 Å². The van der Waals surface area contributed by atoms with Gasteiger partial charge in [-0.15, -0.1) is 0 Å². The van der Waals surface area contributed by atoms with Crippen LogP contribution < -0.4 is 0 Å². The molecule has 1 aliphatic rings. The van der Waals surface area contributed by atoms with Gasteiger partial charge in [-0.05, 0) is 0 Å². The van der Waals surface area contributed by atoms with E-state index in [1.807, 2.05) is 0 Å². The second-order valence-corrected chi connectivity index (χ2v) is 3.14. The molecule has 1 fully saturated rings. The predicted octanol–water partition coefficient (Wildman–Crippen LogP) is -1.74. The summed E-state index contributed by atoms with van der Waals surface area (Å²) in [6.45, 7) is -0.838.